The molecule has 0 aromatic rings. The Kier molecular flexibility index (Phi) is 6.88. The first kappa shape index (κ1) is 13.8. The van der Waals surface area contributed by atoms with E-state index in [0.29, 0.717) is 24.2 Å². The minimum absolute atomic E-state index is 0.299. The van der Waals surface area contributed by atoms with Crippen LogP contribution in [0.25, 0.3) is 0 Å². The molecule has 0 heterocycles. The Morgan fingerprint density at radius 2 is 2.06 bits per heavy atom. The second-order valence-electron chi connectivity index (χ2n) is 4.31. The molecule has 1 amide bonds. The van der Waals surface area contributed by atoms with Crippen LogP contribution in [0.15, 0.2) is 0 Å². The predicted octanol–water partition coefficient (Wildman–Crippen LogP) is 1.86. The summed E-state index contributed by atoms with van der Waals surface area (Å²) in [5.74, 6) is 1.78. The van der Waals surface area contributed by atoms with Crippen molar-refractivity contribution in [1.29, 1.82) is 0 Å². The molecular formula is C12H24N2OS. The minimum Gasteiger partial charge on any atom is -0.339 e. The van der Waals surface area contributed by atoms with Gasteiger partial charge in [-0.15, -0.1) is 0 Å². The lowest BCUT2D eigenvalue weighted by atomic mass is 9.94. The van der Waals surface area contributed by atoms with Crippen LogP contribution in [0, 0.1) is 0 Å². The summed E-state index contributed by atoms with van der Waals surface area (Å²) in [6.45, 7) is 3.60. The molecule has 1 fully saturated rings. The van der Waals surface area contributed by atoms with Crippen molar-refractivity contribution < 1.29 is 4.79 Å². The molecule has 0 radical (unpaired) electrons. The van der Waals surface area contributed by atoms with E-state index >= 15 is 0 Å². The smallest absolute Gasteiger partial charge is 0.232 e. The maximum atomic E-state index is 12.0. The minimum atomic E-state index is 0.299. The van der Waals surface area contributed by atoms with E-state index in [1.165, 1.54) is 32.1 Å². The van der Waals surface area contributed by atoms with Crippen LogP contribution in [0.5, 0.6) is 0 Å². The fourth-order valence-electron chi connectivity index (χ4n) is 2.36. The van der Waals surface area contributed by atoms with Crippen LogP contribution in [-0.4, -0.2) is 41.4 Å². The van der Waals surface area contributed by atoms with E-state index in [-0.39, 0.29) is 0 Å². The van der Waals surface area contributed by atoms with Crippen molar-refractivity contribution in [2.45, 2.75) is 45.1 Å². The monoisotopic (exact) mass is 244 g/mol. The third-order valence-corrected chi connectivity index (χ3v) is 4.14. The SMILES string of the molecule is CCN(C(=O)CSCCN)C1CCCCC1. The van der Waals surface area contributed by atoms with Crippen LogP contribution >= 0.6 is 11.8 Å². The van der Waals surface area contributed by atoms with E-state index in [4.69, 9.17) is 5.73 Å². The van der Waals surface area contributed by atoms with Gasteiger partial charge in [-0.3, -0.25) is 4.79 Å². The third kappa shape index (κ3) is 4.34. The molecule has 94 valence electrons. The first-order valence-corrected chi connectivity index (χ1v) is 7.52. The zero-order valence-electron chi connectivity index (χ0n) is 10.3. The highest BCUT2D eigenvalue weighted by Crippen LogP contribution is 2.23. The number of carbonyl (C=O) groups is 1. The van der Waals surface area contributed by atoms with Gasteiger partial charge in [-0.25, -0.2) is 0 Å². The maximum absolute atomic E-state index is 12.0. The number of thioether (sulfide) groups is 1. The summed E-state index contributed by atoms with van der Waals surface area (Å²) in [4.78, 5) is 14.1. The summed E-state index contributed by atoms with van der Waals surface area (Å²) in [7, 11) is 0. The van der Waals surface area contributed by atoms with E-state index in [2.05, 4.69) is 11.8 Å². The van der Waals surface area contributed by atoms with Crippen LogP contribution in [-0.2, 0) is 4.79 Å². The highest BCUT2D eigenvalue weighted by molar-refractivity contribution is 7.99. The van der Waals surface area contributed by atoms with Crippen LogP contribution < -0.4 is 5.73 Å². The molecule has 0 unspecified atom stereocenters. The number of hydrogen-bond acceptors (Lipinski definition) is 3. The maximum Gasteiger partial charge on any atom is 0.232 e. The molecule has 0 bridgehead atoms. The van der Waals surface area contributed by atoms with Crippen molar-refractivity contribution in [3.63, 3.8) is 0 Å². The van der Waals surface area contributed by atoms with Gasteiger partial charge < -0.3 is 10.6 Å². The first-order valence-electron chi connectivity index (χ1n) is 6.36. The standard InChI is InChI=1S/C12H24N2OS/c1-2-14(11-6-4-3-5-7-11)12(15)10-16-9-8-13/h11H,2-10,13H2,1H3. The number of carbonyl (C=O) groups excluding carboxylic acids is 1. The highest BCUT2D eigenvalue weighted by Gasteiger charge is 2.23. The molecule has 16 heavy (non-hydrogen) atoms. The Morgan fingerprint density at radius 1 is 1.38 bits per heavy atom. The van der Waals surface area contributed by atoms with Crippen LogP contribution in [0.2, 0.25) is 0 Å². The Balaban J connectivity index is 2.35. The summed E-state index contributed by atoms with van der Waals surface area (Å²) in [6.07, 6.45) is 6.29. The number of rotatable bonds is 6. The van der Waals surface area contributed by atoms with Crippen LogP contribution in [0.4, 0.5) is 0 Å². The largest absolute Gasteiger partial charge is 0.339 e. The molecule has 0 spiro atoms. The first-order chi connectivity index (χ1) is 7.79. The highest BCUT2D eigenvalue weighted by atomic mass is 32.2. The Hall–Kier alpha value is -0.220. The van der Waals surface area contributed by atoms with E-state index in [1.54, 1.807) is 11.8 Å². The molecule has 0 saturated heterocycles. The van der Waals surface area contributed by atoms with Crippen molar-refractivity contribution >= 4 is 17.7 Å². The van der Waals surface area contributed by atoms with Gasteiger partial charge in [0.1, 0.15) is 0 Å². The lowest BCUT2D eigenvalue weighted by Gasteiger charge is -2.33. The van der Waals surface area contributed by atoms with Gasteiger partial charge in [0.05, 0.1) is 5.75 Å². The number of amides is 1. The Labute approximate surface area is 103 Å². The van der Waals surface area contributed by atoms with Crippen molar-refractivity contribution in [3.8, 4) is 0 Å². The van der Waals surface area contributed by atoms with Crippen molar-refractivity contribution in [3.05, 3.63) is 0 Å². The average Bonchev–Trinajstić information content (AvgIpc) is 2.32. The van der Waals surface area contributed by atoms with Gasteiger partial charge in [0.15, 0.2) is 0 Å². The molecule has 0 aromatic heterocycles. The molecular weight excluding hydrogens is 220 g/mol. The van der Waals surface area contributed by atoms with E-state index in [9.17, 15) is 4.79 Å². The number of nitrogens with zero attached hydrogens (tertiary/aromatic N) is 1. The summed E-state index contributed by atoms with van der Waals surface area (Å²) in [5.41, 5.74) is 5.42. The number of nitrogens with two attached hydrogens (primary N) is 1. The van der Waals surface area contributed by atoms with Crippen LogP contribution in [0.1, 0.15) is 39.0 Å². The van der Waals surface area contributed by atoms with Crippen molar-refractivity contribution in [1.82, 2.24) is 4.90 Å². The quantitative estimate of drug-likeness (QED) is 0.725. The topological polar surface area (TPSA) is 46.3 Å². The fraction of sp³-hybridized carbons (Fsp3) is 0.917. The fourth-order valence-corrected chi connectivity index (χ4v) is 3.01. The third-order valence-electron chi connectivity index (χ3n) is 3.16. The average molecular weight is 244 g/mol. The summed E-state index contributed by atoms with van der Waals surface area (Å²) in [6, 6.07) is 0.504. The second kappa shape index (κ2) is 7.96. The number of hydrogen-bond donors (Lipinski definition) is 1. The van der Waals surface area contributed by atoms with E-state index in [0.717, 1.165) is 12.3 Å². The lowest BCUT2D eigenvalue weighted by Crippen LogP contribution is -2.42. The van der Waals surface area contributed by atoms with E-state index < -0.39 is 0 Å². The summed E-state index contributed by atoms with van der Waals surface area (Å²) >= 11 is 1.65. The molecule has 4 heteroatoms. The van der Waals surface area contributed by atoms with Gasteiger partial charge in [-0.2, -0.15) is 11.8 Å². The van der Waals surface area contributed by atoms with Crippen molar-refractivity contribution in [2.24, 2.45) is 5.73 Å². The molecule has 2 N–H and O–H groups in total. The molecule has 0 aliphatic heterocycles. The molecule has 1 saturated carbocycles. The van der Waals surface area contributed by atoms with Crippen LogP contribution in [0.3, 0.4) is 0 Å². The molecule has 0 aromatic carbocycles. The molecule has 1 aliphatic carbocycles. The van der Waals surface area contributed by atoms with Gasteiger partial charge in [0.25, 0.3) is 0 Å². The Morgan fingerprint density at radius 3 is 2.62 bits per heavy atom. The summed E-state index contributed by atoms with van der Waals surface area (Å²) in [5, 5.41) is 0. The molecule has 1 rings (SSSR count). The molecule has 3 nitrogen and oxygen atoms in total. The summed E-state index contributed by atoms with van der Waals surface area (Å²) < 4.78 is 0. The zero-order valence-corrected chi connectivity index (χ0v) is 11.1. The van der Waals surface area contributed by atoms with Gasteiger partial charge in [-0.05, 0) is 19.8 Å². The normalized spacial score (nSPS) is 17.4. The zero-order chi connectivity index (χ0) is 11.8. The lowest BCUT2D eigenvalue weighted by molar-refractivity contribution is -0.131. The van der Waals surface area contributed by atoms with Gasteiger partial charge in [0, 0.05) is 24.9 Å². The van der Waals surface area contributed by atoms with Gasteiger partial charge in [-0.1, -0.05) is 19.3 Å². The molecule has 0 atom stereocenters. The van der Waals surface area contributed by atoms with Gasteiger partial charge >= 0.3 is 0 Å². The second-order valence-corrected chi connectivity index (χ2v) is 5.42. The van der Waals surface area contributed by atoms with E-state index in [1.807, 2.05) is 0 Å². The Bertz CT molecular complexity index is 205. The molecule has 1 aliphatic rings. The van der Waals surface area contributed by atoms with Crippen molar-refractivity contribution in [2.75, 3.05) is 24.6 Å². The predicted molar refractivity (Wildman–Crippen MR) is 70.6 cm³/mol. The van der Waals surface area contributed by atoms with Gasteiger partial charge in [0.2, 0.25) is 5.91 Å².